The minimum atomic E-state index is -0.331. The molecule has 0 spiro atoms. The fourth-order valence-electron chi connectivity index (χ4n) is 3.58. The summed E-state index contributed by atoms with van der Waals surface area (Å²) in [4.78, 5) is 21.0. The zero-order valence-corrected chi connectivity index (χ0v) is 15.4. The molecule has 6 nitrogen and oxygen atoms in total. The quantitative estimate of drug-likeness (QED) is 0.893. The van der Waals surface area contributed by atoms with E-state index < -0.39 is 0 Å². The molecule has 2 aromatic rings. The molecule has 7 heteroatoms. The van der Waals surface area contributed by atoms with Gasteiger partial charge in [-0.2, -0.15) is 0 Å². The molecule has 0 bridgehead atoms. The van der Waals surface area contributed by atoms with Crippen LogP contribution in [0, 0.1) is 25.6 Å². The predicted molar refractivity (Wildman–Crippen MR) is 97.0 cm³/mol. The number of fused-ring (bicyclic) bond motifs is 1. The van der Waals surface area contributed by atoms with E-state index in [2.05, 4.69) is 15.3 Å². The van der Waals surface area contributed by atoms with Gasteiger partial charge in [0.15, 0.2) is 0 Å². The zero-order chi connectivity index (χ0) is 19.0. The highest BCUT2D eigenvalue weighted by Crippen LogP contribution is 2.39. The first-order valence-electron chi connectivity index (χ1n) is 9.16. The molecule has 27 heavy (non-hydrogen) atoms. The van der Waals surface area contributed by atoms with Crippen molar-refractivity contribution in [2.75, 3.05) is 19.8 Å². The fourth-order valence-corrected chi connectivity index (χ4v) is 3.58. The number of hydrogen-bond acceptors (Lipinski definition) is 5. The van der Waals surface area contributed by atoms with Crippen LogP contribution in [0.3, 0.4) is 0 Å². The highest BCUT2D eigenvalue weighted by Gasteiger charge is 2.30. The Kier molecular flexibility index (Phi) is 4.78. The number of ether oxygens (including phenoxy) is 2. The summed E-state index contributed by atoms with van der Waals surface area (Å²) >= 11 is 0. The first-order chi connectivity index (χ1) is 13.0. The highest BCUT2D eigenvalue weighted by molar-refractivity contribution is 5.79. The van der Waals surface area contributed by atoms with Crippen LogP contribution in [0.15, 0.2) is 18.3 Å². The number of carbonyl (C=O) groups excluding carboxylic acids is 1. The molecular formula is C20H22FN3O3. The van der Waals surface area contributed by atoms with E-state index in [0.717, 1.165) is 23.4 Å². The van der Waals surface area contributed by atoms with Crippen molar-refractivity contribution in [1.82, 2.24) is 15.3 Å². The standard InChI is InChI=1S/C20H22FN3O3/c1-11-8-22-12(2)18(24-11)17-7-15(21)5-14-6-16(27-19(14)17)9-23-20(25)13-3-4-26-10-13/h5,7-8,13,16H,3-4,6,9-10H2,1-2H3,(H,23,25). The van der Waals surface area contributed by atoms with Crippen molar-refractivity contribution in [3.8, 4) is 17.0 Å². The lowest BCUT2D eigenvalue weighted by Crippen LogP contribution is -2.38. The van der Waals surface area contributed by atoms with Gasteiger partial charge in [0.25, 0.3) is 0 Å². The third kappa shape index (κ3) is 3.64. The zero-order valence-electron chi connectivity index (χ0n) is 15.4. The normalized spacial score (nSPS) is 21.0. The fraction of sp³-hybridized carbons (Fsp3) is 0.450. The third-order valence-corrected chi connectivity index (χ3v) is 5.00. The molecule has 1 saturated heterocycles. The van der Waals surface area contributed by atoms with Gasteiger partial charge in [0.1, 0.15) is 17.7 Å². The van der Waals surface area contributed by atoms with E-state index in [9.17, 15) is 9.18 Å². The molecular weight excluding hydrogens is 349 g/mol. The van der Waals surface area contributed by atoms with Crippen molar-refractivity contribution >= 4 is 5.91 Å². The summed E-state index contributed by atoms with van der Waals surface area (Å²) in [5.41, 5.74) is 3.50. The molecule has 1 aromatic heterocycles. The van der Waals surface area contributed by atoms with Crippen LogP contribution in [0.25, 0.3) is 11.3 Å². The van der Waals surface area contributed by atoms with Crippen molar-refractivity contribution in [2.45, 2.75) is 32.8 Å². The maximum Gasteiger partial charge on any atom is 0.225 e. The molecule has 1 aromatic carbocycles. The first kappa shape index (κ1) is 17.9. The Morgan fingerprint density at radius 2 is 2.22 bits per heavy atom. The van der Waals surface area contributed by atoms with Gasteiger partial charge in [0.05, 0.1) is 36.2 Å². The van der Waals surface area contributed by atoms with Crippen LogP contribution in [0.4, 0.5) is 4.39 Å². The average molecular weight is 371 g/mol. The molecule has 0 saturated carbocycles. The second-order valence-electron chi connectivity index (χ2n) is 7.14. The molecule has 2 unspecified atom stereocenters. The van der Waals surface area contributed by atoms with E-state index in [1.165, 1.54) is 12.1 Å². The van der Waals surface area contributed by atoms with Crippen LogP contribution in [0.5, 0.6) is 5.75 Å². The van der Waals surface area contributed by atoms with Crippen LogP contribution in [0.2, 0.25) is 0 Å². The molecule has 0 radical (unpaired) electrons. The Bertz CT molecular complexity index is 881. The second-order valence-corrected chi connectivity index (χ2v) is 7.14. The molecule has 1 amide bonds. The number of nitrogens with zero attached hydrogens (tertiary/aromatic N) is 2. The summed E-state index contributed by atoms with van der Waals surface area (Å²) in [7, 11) is 0. The summed E-state index contributed by atoms with van der Waals surface area (Å²) in [5, 5.41) is 2.93. The van der Waals surface area contributed by atoms with Gasteiger partial charge < -0.3 is 14.8 Å². The molecule has 4 rings (SSSR count). The topological polar surface area (TPSA) is 73.3 Å². The van der Waals surface area contributed by atoms with E-state index in [4.69, 9.17) is 9.47 Å². The largest absolute Gasteiger partial charge is 0.487 e. The number of rotatable bonds is 4. The molecule has 0 aliphatic carbocycles. The van der Waals surface area contributed by atoms with Crippen molar-refractivity contribution in [2.24, 2.45) is 5.92 Å². The maximum atomic E-state index is 14.2. The summed E-state index contributed by atoms with van der Waals surface area (Å²) in [6.45, 7) is 5.17. The average Bonchev–Trinajstić information content (AvgIpc) is 3.30. The van der Waals surface area contributed by atoms with Gasteiger partial charge in [0, 0.05) is 30.4 Å². The summed E-state index contributed by atoms with van der Waals surface area (Å²) < 4.78 is 25.5. The molecule has 3 heterocycles. The molecule has 1 fully saturated rings. The summed E-state index contributed by atoms with van der Waals surface area (Å²) in [5.74, 6) is 0.191. The monoisotopic (exact) mass is 371 g/mol. The van der Waals surface area contributed by atoms with E-state index in [1.54, 1.807) is 6.20 Å². The number of amides is 1. The van der Waals surface area contributed by atoms with E-state index in [1.807, 2.05) is 13.8 Å². The Morgan fingerprint density at radius 3 is 3.00 bits per heavy atom. The number of nitrogens with one attached hydrogen (secondary N) is 1. The van der Waals surface area contributed by atoms with Crippen LogP contribution in [0.1, 0.15) is 23.4 Å². The molecule has 142 valence electrons. The number of carbonyl (C=O) groups is 1. The van der Waals surface area contributed by atoms with Crippen LogP contribution in [-0.4, -0.2) is 41.7 Å². The lowest BCUT2D eigenvalue weighted by molar-refractivity contribution is -0.125. The van der Waals surface area contributed by atoms with Crippen molar-refractivity contribution < 1.29 is 18.7 Å². The number of benzene rings is 1. The van der Waals surface area contributed by atoms with E-state index in [-0.39, 0.29) is 23.7 Å². The van der Waals surface area contributed by atoms with E-state index in [0.29, 0.717) is 43.2 Å². The Morgan fingerprint density at radius 1 is 1.37 bits per heavy atom. The summed E-state index contributed by atoms with van der Waals surface area (Å²) in [6, 6.07) is 2.93. The van der Waals surface area contributed by atoms with Gasteiger partial charge in [-0.05, 0) is 32.4 Å². The number of aryl methyl sites for hydroxylation is 2. The predicted octanol–water partition coefficient (Wildman–Crippen LogP) is 2.36. The Balaban J connectivity index is 1.53. The van der Waals surface area contributed by atoms with Gasteiger partial charge in [-0.25, -0.2) is 9.37 Å². The summed E-state index contributed by atoms with van der Waals surface area (Å²) in [6.07, 6.45) is 2.74. The van der Waals surface area contributed by atoms with Gasteiger partial charge in [-0.15, -0.1) is 0 Å². The molecule has 2 aliphatic heterocycles. The lowest BCUT2D eigenvalue weighted by Gasteiger charge is -2.15. The van der Waals surface area contributed by atoms with Crippen molar-refractivity contribution in [3.63, 3.8) is 0 Å². The SMILES string of the molecule is Cc1cnc(C)c(-c2cc(F)cc3c2OC(CNC(=O)C2CCOC2)C3)n1. The highest BCUT2D eigenvalue weighted by atomic mass is 19.1. The maximum absolute atomic E-state index is 14.2. The smallest absolute Gasteiger partial charge is 0.225 e. The Hall–Kier alpha value is -2.54. The number of hydrogen-bond donors (Lipinski definition) is 1. The number of halogens is 1. The van der Waals surface area contributed by atoms with Gasteiger partial charge in [-0.3, -0.25) is 9.78 Å². The molecule has 2 aliphatic rings. The minimum Gasteiger partial charge on any atom is -0.487 e. The third-order valence-electron chi connectivity index (χ3n) is 5.00. The minimum absolute atomic E-state index is 0.0149. The lowest BCUT2D eigenvalue weighted by atomic mass is 10.0. The molecule has 2 atom stereocenters. The van der Waals surface area contributed by atoms with Crippen molar-refractivity contribution in [1.29, 1.82) is 0 Å². The van der Waals surface area contributed by atoms with Crippen molar-refractivity contribution in [3.05, 3.63) is 41.1 Å². The number of aromatic nitrogens is 2. The van der Waals surface area contributed by atoms with Crippen LogP contribution < -0.4 is 10.1 Å². The van der Waals surface area contributed by atoms with Gasteiger partial charge >= 0.3 is 0 Å². The van der Waals surface area contributed by atoms with Gasteiger partial charge in [-0.1, -0.05) is 0 Å². The van der Waals surface area contributed by atoms with Gasteiger partial charge in [0.2, 0.25) is 5.91 Å². The molecule has 1 N–H and O–H groups in total. The van der Waals surface area contributed by atoms with Crippen LogP contribution in [-0.2, 0) is 16.0 Å². The van der Waals surface area contributed by atoms with Crippen LogP contribution >= 0.6 is 0 Å². The van der Waals surface area contributed by atoms with E-state index >= 15 is 0 Å². The second kappa shape index (κ2) is 7.23. The Labute approximate surface area is 157 Å². The first-order valence-corrected chi connectivity index (χ1v) is 9.16.